The normalized spacial score (nSPS) is 13.5. The maximum atomic E-state index is 11.6. The monoisotopic (exact) mass is 273 g/mol. The summed E-state index contributed by atoms with van der Waals surface area (Å²) in [6.45, 7) is 7.73. The van der Waals surface area contributed by atoms with Gasteiger partial charge in [-0.3, -0.25) is 4.40 Å². The molecule has 0 aromatic carbocycles. The predicted octanol–water partition coefficient (Wildman–Crippen LogP) is 1.65. The van der Waals surface area contributed by atoms with Crippen molar-refractivity contribution < 1.29 is 8.42 Å². The Morgan fingerprint density at radius 1 is 1.41 bits per heavy atom. The van der Waals surface area contributed by atoms with Crippen LogP contribution in [0.2, 0.25) is 0 Å². The zero-order valence-corrected chi connectivity index (χ0v) is 11.8. The highest BCUT2D eigenvalue weighted by Crippen LogP contribution is 2.31. The summed E-state index contributed by atoms with van der Waals surface area (Å²) < 4.78 is 24.9. The molecule has 17 heavy (non-hydrogen) atoms. The molecule has 0 aliphatic rings. The topological polar surface area (TPSA) is 77.5 Å². The van der Waals surface area contributed by atoms with Crippen LogP contribution in [0.3, 0.4) is 0 Å². The van der Waals surface area contributed by atoms with E-state index in [-0.39, 0.29) is 10.4 Å². The van der Waals surface area contributed by atoms with E-state index in [1.807, 2.05) is 26.2 Å². The summed E-state index contributed by atoms with van der Waals surface area (Å²) in [6, 6.07) is 0. The largest absolute Gasteiger partial charge is 0.276 e. The Hall–Kier alpha value is -0.920. The first-order valence-electron chi connectivity index (χ1n) is 5.12. The third-order valence-electron chi connectivity index (χ3n) is 2.52. The molecule has 0 saturated heterocycles. The van der Waals surface area contributed by atoms with Gasteiger partial charge in [0.25, 0.3) is 10.0 Å². The lowest BCUT2D eigenvalue weighted by Gasteiger charge is -2.18. The molecule has 2 aromatic heterocycles. The van der Waals surface area contributed by atoms with Gasteiger partial charge in [0.05, 0.1) is 5.69 Å². The maximum absolute atomic E-state index is 11.6. The first kappa shape index (κ1) is 12.5. The SMILES string of the molecule is Cc1nc2scc(C(C)(C)C)n2c1S(N)(=O)=O. The third-order valence-corrected chi connectivity index (χ3v) is 4.36. The highest BCUT2D eigenvalue weighted by atomic mass is 32.2. The van der Waals surface area contributed by atoms with Crippen molar-refractivity contribution in [2.24, 2.45) is 5.14 Å². The summed E-state index contributed by atoms with van der Waals surface area (Å²) in [6.07, 6.45) is 0. The Balaban J connectivity index is 2.93. The van der Waals surface area contributed by atoms with Crippen LogP contribution in [0.15, 0.2) is 10.4 Å². The molecule has 0 saturated carbocycles. The number of nitrogens with two attached hydrogens (primary N) is 1. The molecule has 5 nitrogen and oxygen atoms in total. The van der Waals surface area contributed by atoms with E-state index in [1.165, 1.54) is 11.3 Å². The van der Waals surface area contributed by atoms with Crippen molar-refractivity contribution in [2.45, 2.75) is 38.1 Å². The molecule has 2 N–H and O–H groups in total. The highest BCUT2D eigenvalue weighted by Gasteiger charge is 2.27. The van der Waals surface area contributed by atoms with E-state index in [9.17, 15) is 8.42 Å². The molecule has 0 unspecified atom stereocenters. The molecule has 0 fully saturated rings. The number of fused-ring (bicyclic) bond motifs is 1. The fraction of sp³-hybridized carbons (Fsp3) is 0.500. The van der Waals surface area contributed by atoms with Gasteiger partial charge >= 0.3 is 0 Å². The third kappa shape index (κ3) is 1.98. The van der Waals surface area contributed by atoms with Crippen LogP contribution < -0.4 is 5.14 Å². The van der Waals surface area contributed by atoms with Crippen molar-refractivity contribution in [3.63, 3.8) is 0 Å². The van der Waals surface area contributed by atoms with E-state index in [0.29, 0.717) is 10.7 Å². The minimum absolute atomic E-state index is 0.0960. The maximum Gasteiger partial charge on any atom is 0.255 e. The summed E-state index contributed by atoms with van der Waals surface area (Å²) in [5.41, 5.74) is 1.19. The van der Waals surface area contributed by atoms with Gasteiger partial charge in [0.2, 0.25) is 0 Å². The second-order valence-corrected chi connectivity index (χ2v) is 7.35. The van der Waals surface area contributed by atoms with Gasteiger partial charge in [0.15, 0.2) is 9.99 Å². The standard InChI is InChI=1S/C10H15N3O2S2/c1-6-8(17(11,14)15)13-7(10(2,3)4)5-16-9(13)12-6/h5H,1-4H3,(H2,11,14,15). The Morgan fingerprint density at radius 2 is 2.00 bits per heavy atom. The van der Waals surface area contributed by atoms with Crippen molar-refractivity contribution in [2.75, 3.05) is 0 Å². The Labute approximate surface area is 104 Å². The van der Waals surface area contributed by atoms with Crippen molar-refractivity contribution in [3.05, 3.63) is 16.8 Å². The lowest BCUT2D eigenvalue weighted by atomic mass is 9.93. The molecule has 0 amide bonds. The summed E-state index contributed by atoms with van der Waals surface area (Å²) in [5, 5.41) is 7.28. The molecule has 7 heteroatoms. The van der Waals surface area contributed by atoms with Crippen LogP contribution in [0.25, 0.3) is 4.96 Å². The van der Waals surface area contributed by atoms with Gasteiger partial charge in [0.1, 0.15) is 0 Å². The molecule has 0 aliphatic carbocycles. The van der Waals surface area contributed by atoms with Crippen LogP contribution in [-0.2, 0) is 15.4 Å². The van der Waals surface area contributed by atoms with E-state index in [4.69, 9.17) is 5.14 Å². The predicted molar refractivity (Wildman–Crippen MR) is 67.9 cm³/mol. The van der Waals surface area contributed by atoms with E-state index in [0.717, 1.165) is 5.69 Å². The molecule has 94 valence electrons. The van der Waals surface area contributed by atoms with E-state index < -0.39 is 10.0 Å². The Bertz CT molecular complexity index is 674. The number of sulfonamides is 1. The van der Waals surface area contributed by atoms with Crippen LogP contribution >= 0.6 is 11.3 Å². The highest BCUT2D eigenvalue weighted by molar-refractivity contribution is 7.89. The van der Waals surface area contributed by atoms with Crippen LogP contribution in [-0.4, -0.2) is 17.8 Å². The summed E-state index contributed by atoms with van der Waals surface area (Å²) in [4.78, 5) is 4.90. The van der Waals surface area contributed by atoms with Crippen LogP contribution in [0, 0.1) is 6.92 Å². The van der Waals surface area contributed by atoms with Gasteiger partial charge in [0, 0.05) is 16.5 Å². The molecule has 2 rings (SSSR count). The molecular formula is C10H15N3O2S2. The first-order valence-corrected chi connectivity index (χ1v) is 7.55. The van der Waals surface area contributed by atoms with Crippen molar-refractivity contribution >= 4 is 26.3 Å². The molecule has 2 aromatic rings. The fourth-order valence-electron chi connectivity index (χ4n) is 1.79. The zero-order valence-electron chi connectivity index (χ0n) is 10.2. The summed E-state index contributed by atoms with van der Waals surface area (Å²) in [7, 11) is -3.76. The second-order valence-electron chi connectivity index (χ2n) is 5.04. The average molecular weight is 273 g/mol. The number of nitrogens with zero attached hydrogens (tertiary/aromatic N) is 2. The van der Waals surface area contributed by atoms with Gasteiger partial charge in [-0.05, 0) is 6.92 Å². The summed E-state index contributed by atoms with van der Waals surface area (Å²) in [5.74, 6) is 0. The number of aromatic nitrogens is 2. The number of rotatable bonds is 1. The van der Waals surface area contributed by atoms with Gasteiger partial charge < -0.3 is 0 Å². The molecule has 0 radical (unpaired) electrons. The first-order chi connectivity index (χ1) is 7.62. The van der Waals surface area contributed by atoms with E-state index in [2.05, 4.69) is 4.98 Å². The molecule has 0 atom stereocenters. The Morgan fingerprint density at radius 3 is 2.47 bits per heavy atom. The number of primary sulfonamides is 1. The van der Waals surface area contributed by atoms with Gasteiger partial charge in [-0.25, -0.2) is 18.5 Å². The average Bonchev–Trinajstić information content (AvgIpc) is 2.55. The molecule has 0 spiro atoms. The number of thiazole rings is 1. The lowest BCUT2D eigenvalue weighted by molar-refractivity contribution is 0.551. The van der Waals surface area contributed by atoms with Gasteiger partial charge in [-0.1, -0.05) is 20.8 Å². The fourth-order valence-corrected chi connectivity index (χ4v) is 3.90. The smallest absolute Gasteiger partial charge is 0.255 e. The molecule has 0 aliphatic heterocycles. The number of hydrogen-bond acceptors (Lipinski definition) is 4. The van der Waals surface area contributed by atoms with Gasteiger partial charge in [-0.15, -0.1) is 11.3 Å². The van der Waals surface area contributed by atoms with Crippen LogP contribution in [0.4, 0.5) is 0 Å². The van der Waals surface area contributed by atoms with Crippen LogP contribution in [0.5, 0.6) is 0 Å². The number of hydrogen-bond donors (Lipinski definition) is 1. The molecular weight excluding hydrogens is 258 g/mol. The van der Waals surface area contributed by atoms with Crippen LogP contribution in [0.1, 0.15) is 32.2 Å². The lowest BCUT2D eigenvalue weighted by Crippen LogP contribution is -2.20. The van der Waals surface area contributed by atoms with E-state index in [1.54, 1.807) is 11.3 Å². The minimum Gasteiger partial charge on any atom is -0.276 e. The van der Waals surface area contributed by atoms with Crippen molar-refractivity contribution in [1.82, 2.24) is 9.38 Å². The number of aryl methyl sites for hydroxylation is 1. The quantitative estimate of drug-likeness (QED) is 0.858. The van der Waals surface area contributed by atoms with Gasteiger partial charge in [-0.2, -0.15) is 0 Å². The van der Waals surface area contributed by atoms with Crippen molar-refractivity contribution in [1.29, 1.82) is 0 Å². The summed E-state index contributed by atoms with van der Waals surface area (Å²) >= 11 is 1.42. The molecule has 2 heterocycles. The minimum atomic E-state index is -3.76. The Kier molecular flexibility index (Phi) is 2.61. The van der Waals surface area contributed by atoms with E-state index >= 15 is 0 Å². The second kappa shape index (κ2) is 3.54. The van der Waals surface area contributed by atoms with Crippen molar-refractivity contribution in [3.8, 4) is 0 Å². The zero-order chi connectivity index (χ0) is 13.0. The molecule has 0 bridgehead atoms. The number of imidazole rings is 1.